The van der Waals surface area contributed by atoms with Crippen LogP contribution in [0.3, 0.4) is 0 Å². The zero-order valence-electron chi connectivity index (χ0n) is 14.0. The molecule has 2 nitrogen and oxygen atoms in total. The highest BCUT2D eigenvalue weighted by molar-refractivity contribution is 5.00. The van der Waals surface area contributed by atoms with E-state index in [2.05, 4.69) is 25.7 Å². The Hall–Kier alpha value is -0.0800. The fourth-order valence-corrected chi connectivity index (χ4v) is 4.78. The highest BCUT2D eigenvalue weighted by Gasteiger charge is 2.43. The van der Waals surface area contributed by atoms with Crippen LogP contribution in [0.1, 0.15) is 78.6 Å². The molecule has 1 saturated carbocycles. The van der Waals surface area contributed by atoms with E-state index in [1.54, 1.807) is 0 Å². The molecule has 1 aliphatic heterocycles. The lowest BCUT2D eigenvalue weighted by atomic mass is 9.69. The largest absolute Gasteiger partial charge is 0.329 e. The van der Waals surface area contributed by atoms with Crippen molar-refractivity contribution in [1.82, 2.24) is 4.90 Å². The van der Waals surface area contributed by atoms with Gasteiger partial charge >= 0.3 is 0 Å². The Labute approximate surface area is 126 Å². The molecule has 118 valence electrons. The standard InChI is InChI=1S/C18H36N2/c1-4-8-17-10-5-6-12-20(17)18(14-19)11-7-9-16(13-18)15(2)3/h15-17H,4-14,19H2,1-3H3. The summed E-state index contributed by atoms with van der Waals surface area (Å²) in [5.74, 6) is 1.70. The van der Waals surface area contributed by atoms with Crippen molar-refractivity contribution in [3.8, 4) is 0 Å². The van der Waals surface area contributed by atoms with Crippen molar-refractivity contribution in [2.45, 2.75) is 90.1 Å². The molecule has 0 radical (unpaired) electrons. The van der Waals surface area contributed by atoms with E-state index >= 15 is 0 Å². The molecule has 3 unspecified atom stereocenters. The summed E-state index contributed by atoms with van der Waals surface area (Å²) in [6.45, 7) is 9.30. The van der Waals surface area contributed by atoms with Crippen LogP contribution in [0.2, 0.25) is 0 Å². The third-order valence-electron chi connectivity index (χ3n) is 6.04. The maximum absolute atomic E-state index is 6.35. The van der Waals surface area contributed by atoms with E-state index in [1.807, 2.05) is 0 Å². The molecular weight excluding hydrogens is 244 g/mol. The minimum Gasteiger partial charge on any atom is -0.329 e. The number of nitrogens with two attached hydrogens (primary N) is 1. The van der Waals surface area contributed by atoms with E-state index in [1.165, 1.54) is 64.3 Å². The molecule has 0 aromatic carbocycles. The van der Waals surface area contributed by atoms with Crippen LogP contribution in [0.5, 0.6) is 0 Å². The average Bonchev–Trinajstić information content (AvgIpc) is 2.48. The lowest BCUT2D eigenvalue weighted by Gasteiger charge is -2.53. The van der Waals surface area contributed by atoms with Crippen molar-refractivity contribution < 1.29 is 0 Å². The minimum absolute atomic E-state index is 0.327. The topological polar surface area (TPSA) is 29.3 Å². The Morgan fingerprint density at radius 3 is 2.65 bits per heavy atom. The minimum atomic E-state index is 0.327. The lowest BCUT2D eigenvalue weighted by Crippen LogP contribution is -2.61. The van der Waals surface area contributed by atoms with Crippen LogP contribution in [0.4, 0.5) is 0 Å². The molecule has 2 fully saturated rings. The summed E-state index contributed by atoms with van der Waals surface area (Å²) in [5.41, 5.74) is 6.67. The van der Waals surface area contributed by atoms with Gasteiger partial charge in [-0.15, -0.1) is 0 Å². The lowest BCUT2D eigenvalue weighted by molar-refractivity contribution is -0.0257. The molecule has 0 bridgehead atoms. The first kappa shape index (κ1) is 16.3. The van der Waals surface area contributed by atoms with E-state index < -0.39 is 0 Å². The molecule has 1 saturated heterocycles. The first-order chi connectivity index (χ1) is 9.63. The second-order valence-electron chi connectivity index (χ2n) is 7.66. The maximum Gasteiger partial charge on any atom is 0.0337 e. The summed E-state index contributed by atoms with van der Waals surface area (Å²) < 4.78 is 0. The van der Waals surface area contributed by atoms with E-state index in [9.17, 15) is 0 Å². The number of likely N-dealkylation sites (tertiary alicyclic amines) is 1. The van der Waals surface area contributed by atoms with Gasteiger partial charge in [0.05, 0.1) is 0 Å². The number of rotatable bonds is 5. The highest BCUT2D eigenvalue weighted by Crippen LogP contribution is 2.42. The molecule has 0 amide bonds. The van der Waals surface area contributed by atoms with E-state index in [-0.39, 0.29) is 0 Å². The van der Waals surface area contributed by atoms with Gasteiger partial charge in [0.1, 0.15) is 0 Å². The van der Waals surface area contributed by atoms with Crippen molar-refractivity contribution in [2.75, 3.05) is 13.1 Å². The molecule has 2 N–H and O–H groups in total. The number of piperidine rings is 1. The second kappa shape index (κ2) is 7.26. The van der Waals surface area contributed by atoms with Gasteiger partial charge in [-0.1, -0.05) is 46.5 Å². The van der Waals surface area contributed by atoms with Gasteiger partial charge < -0.3 is 5.73 Å². The van der Waals surface area contributed by atoms with Gasteiger partial charge in [-0.3, -0.25) is 4.90 Å². The monoisotopic (exact) mass is 280 g/mol. The molecule has 0 spiro atoms. The highest BCUT2D eigenvalue weighted by atomic mass is 15.2. The molecule has 0 aromatic rings. The van der Waals surface area contributed by atoms with Gasteiger partial charge in [0.2, 0.25) is 0 Å². The van der Waals surface area contributed by atoms with Crippen molar-refractivity contribution >= 4 is 0 Å². The van der Waals surface area contributed by atoms with Gasteiger partial charge in [0, 0.05) is 18.1 Å². The Morgan fingerprint density at radius 1 is 1.20 bits per heavy atom. The molecule has 0 aromatic heterocycles. The summed E-state index contributed by atoms with van der Waals surface area (Å²) in [6, 6.07) is 0.809. The van der Waals surface area contributed by atoms with Crippen LogP contribution in [-0.2, 0) is 0 Å². The SMILES string of the molecule is CCCC1CCCCN1C1(CN)CCCC(C(C)C)C1. The quantitative estimate of drug-likeness (QED) is 0.818. The fraction of sp³-hybridized carbons (Fsp3) is 1.00. The van der Waals surface area contributed by atoms with Crippen molar-refractivity contribution in [3.63, 3.8) is 0 Å². The van der Waals surface area contributed by atoms with Gasteiger partial charge in [0.25, 0.3) is 0 Å². The van der Waals surface area contributed by atoms with Crippen LogP contribution in [0.25, 0.3) is 0 Å². The first-order valence-corrected chi connectivity index (χ1v) is 9.10. The summed E-state index contributed by atoms with van der Waals surface area (Å²) in [6.07, 6.45) is 12.4. The zero-order valence-corrected chi connectivity index (χ0v) is 14.0. The Balaban J connectivity index is 2.14. The average molecular weight is 280 g/mol. The van der Waals surface area contributed by atoms with E-state index in [0.717, 1.165) is 24.4 Å². The second-order valence-corrected chi connectivity index (χ2v) is 7.66. The summed E-state index contributed by atoms with van der Waals surface area (Å²) >= 11 is 0. The van der Waals surface area contributed by atoms with Crippen molar-refractivity contribution in [3.05, 3.63) is 0 Å². The van der Waals surface area contributed by atoms with Crippen LogP contribution < -0.4 is 5.73 Å². The fourth-order valence-electron chi connectivity index (χ4n) is 4.78. The van der Waals surface area contributed by atoms with Crippen molar-refractivity contribution in [1.29, 1.82) is 0 Å². The van der Waals surface area contributed by atoms with Gasteiger partial charge in [-0.2, -0.15) is 0 Å². The Bertz CT molecular complexity index is 287. The molecule has 1 heterocycles. The molecule has 2 aliphatic rings. The normalized spacial score (nSPS) is 36.5. The molecular formula is C18H36N2. The molecule has 2 heteroatoms. The van der Waals surface area contributed by atoms with Crippen LogP contribution >= 0.6 is 0 Å². The van der Waals surface area contributed by atoms with E-state index in [4.69, 9.17) is 5.73 Å². The summed E-state index contributed by atoms with van der Waals surface area (Å²) in [7, 11) is 0. The van der Waals surface area contributed by atoms with Gasteiger partial charge in [0.15, 0.2) is 0 Å². The molecule has 3 atom stereocenters. The number of nitrogens with zero attached hydrogens (tertiary/aromatic N) is 1. The van der Waals surface area contributed by atoms with Crippen LogP contribution in [0, 0.1) is 11.8 Å². The zero-order chi connectivity index (χ0) is 14.6. The van der Waals surface area contributed by atoms with Gasteiger partial charge in [-0.25, -0.2) is 0 Å². The van der Waals surface area contributed by atoms with Gasteiger partial charge in [-0.05, 0) is 50.5 Å². The Kier molecular flexibility index (Phi) is 5.92. The number of hydrogen-bond donors (Lipinski definition) is 1. The predicted molar refractivity (Wildman–Crippen MR) is 87.8 cm³/mol. The molecule has 20 heavy (non-hydrogen) atoms. The predicted octanol–water partition coefficient (Wildman–Crippen LogP) is 4.18. The third-order valence-corrected chi connectivity index (χ3v) is 6.04. The smallest absolute Gasteiger partial charge is 0.0337 e. The molecule has 1 aliphatic carbocycles. The van der Waals surface area contributed by atoms with Crippen LogP contribution in [0.15, 0.2) is 0 Å². The van der Waals surface area contributed by atoms with Crippen LogP contribution in [-0.4, -0.2) is 29.6 Å². The number of hydrogen-bond acceptors (Lipinski definition) is 2. The van der Waals surface area contributed by atoms with E-state index in [0.29, 0.717) is 5.54 Å². The summed E-state index contributed by atoms with van der Waals surface area (Å²) in [5, 5.41) is 0. The third kappa shape index (κ3) is 3.39. The maximum atomic E-state index is 6.35. The summed E-state index contributed by atoms with van der Waals surface area (Å²) in [4.78, 5) is 2.87. The Morgan fingerprint density at radius 2 is 2.00 bits per heavy atom. The molecule has 2 rings (SSSR count). The van der Waals surface area contributed by atoms with Crippen molar-refractivity contribution in [2.24, 2.45) is 17.6 Å². The first-order valence-electron chi connectivity index (χ1n) is 9.10.